The van der Waals surface area contributed by atoms with Crippen molar-refractivity contribution in [2.75, 3.05) is 16.0 Å². The third-order valence-corrected chi connectivity index (χ3v) is 9.19. The lowest BCUT2D eigenvalue weighted by atomic mass is 9.69. The van der Waals surface area contributed by atoms with E-state index < -0.39 is 11.9 Å². The molecule has 1 amide bonds. The van der Waals surface area contributed by atoms with Gasteiger partial charge in [-0.05, 0) is 49.1 Å². The number of amides is 1. The van der Waals surface area contributed by atoms with Crippen LogP contribution in [0.1, 0.15) is 54.5 Å². The molecule has 1 aliphatic heterocycles. The number of benzene rings is 1. The Morgan fingerprint density at radius 2 is 2.07 bits per heavy atom. The van der Waals surface area contributed by atoms with Crippen LogP contribution < -0.4 is 16.0 Å². The Hall–Kier alpha value is -4.12. The average molecular weight is 625 g/mol. The number of nitrogens with zero attached hydrogens (tertiary/aromatic N) is 4. The summed E-state index contributed by atoms with van der Waals surface area (Å²) in [4.78, 5) is 39.1. The second kappa shape index (κ2) is 11.3. The lowest BCUT2D eigenvalue weighted by molar-refractivity contribution is -0.118. The second-order valence-electron chi connectivity index (χ2n) is 10.6. The van der Waals surface area contributed by atoms with Crippen LogP contribution in [-0.2, 0) is 9.59 Å². The minimum Gasteiger partial charge on any atom is -0.478 e. The summed E-state index contributed by atoms with van der Waals surface area (Å²) in [6.07, 6.45) is 0.815. The first-order valence-corrected chi connectivity index (χ1v) is 14.9. The molecule has 0 saturated carbocycles. The molecule has 5 rings (SSSR count). The lowest BCUT2D eigenvalue weighted by Gasteiger charge is -2.42. The number of ketones is 1. The van der Waals surface area contributed by atoms with Crippen molar-refractivity contribution >= 4 is 63.2 Å². The number of nitriles is 1. The van der Waals surface area contributed by atoms with Gasteiger partial charge in [0.2, 0.25) is 11.0 Å². The van der Waals surface area contributed by atoms with Crippen LogP contribution in [0.15, 0.2) is 61.8 Å². The fourth-order valence-electron chi connectivity index (χ4n) is 5.06. The van der Waals surface area contributed by atoms with Crippen molar-refractivity contribution in [3.8, 4) is 6.07 Å². The normalized spacial score (nSPS) is 18.1. The number of nitrogens with one attached hydrogen (secondary N) is 1. The number of hydrogen-bond donors (Lipinski definition) is 3. The first kappa shape index (κ1) is 29.4. The number of hydrogen-bond acceptors (Lipinski definition) is 11. The zero-order valence-corrected chi connectivity index (χ0v) is 25.1. The van der Waals surface area contributed by atoms with Crippen molar-refractivity contribution in [2.45, 2.75) is 43.9 Å². The van der Waals surface area contributed by atoms with Crippen LogP contribution in [0.5, 0.6) is 0 Å². The Kier molecular flexibility index (Phi) is 7.89. The summed E-state index contributed by atoms with van der Waals surface area (Å²) >= 11 is 8.20. The van der Waals surface area contributed by atoms with E-state index in [9.17, 15) is 24.8 Å². The molecule has 0 spiro atoms. The van der Waals surface area contributed by atoms with Crippen LogP contribution in [0.25, 0.3) is 0 Å². The summed E-state index contributed by atoms with van der Waals surface area (Å²) in [5, 5.41) is 31.0. The number of nitrogens with two attached hydrogens (primary N) is 1. The van der Waals surface area contributed by atoms with Crippen LogP contribution in [0.3, 0.4) is 0 Å². The van der Waals surface area contributed by atoms with Gasteiger partial charge in [0.25, 0.3) is 0 Å². The number of thioether (sulfide) groups is 1. The zero-order valence-electron chi connectivity index (χ0n) is 22.7. The van der Waals surface area contributed by atoms with Gasteiger partial charge in [-0.3, -0.25) is 14.5 Å². The minimum absolute atomic E-state index is 0.0339. The molecule has 1 unspecified atom stereocenters. The number of aromatic nitrogens is 2. The molecule has 2 aromatic heterocycles. The fourth-order valence-corrected chi connectivity index (χ4v) is 6.94. The summed E-state index contributed by atoms with van der Waals surface area (Å²) in [7, 11) is 0. The van der Waals surface area contributed by atoms with Crippen molar-refractivity contribution in [1.29, 1.82) is 5.26 Å². The standard InChI is InChI=1S/C28H25ClN6O5S2/c1-13-4-7-20(40-13)22-16(11-30)24(31)35(18-9-28(2,3)10-19(36)23(18)22)26-33-34-27(42-26)41-12-21(37)32-14-5-6-17(29)15(8-14)25(38)39/h4-8,22H,9-10,12,31H2,1-3H3,(H,32,37)(H,38,39). The van der Waals surface area contributed by atoms with E-state index >= 15 is 0 Å². The molecular weight excluding hydrogens is 600 g/mol. The molecule has 2 aliphatic rings. The van der Waals surface area contributed by atoms with Crippen molar-refractivity contribution < 1.29 is 23.9 Å². The van der Waals surface area contributed by atoms with Gasteiger partial charge in [0.15, 0.2) is 10.1 Å². The van der Waals surface area contributed by atoms with Crippen molar-refractivity contribution in [2.24, 2.45) is 11.1 Å². The predicted molar refractivity (Wildman–Crippen MR) is 158 cm³/mol. The van der Waals surface area contributed by atoms with E-state index in [1.54, 1.807) is 24.0 Å². The molecule has 11 nitrogen and oxygen atoms in total. The first-order chi connectivity index (χ1) is 19.9. The molecule has 4 N–H and O–H groups in total. The maximum absolute atomic E-state index is 13.6. The van der Waals surface area contributed by atoms with Crippen molar-refractivity contribution in [1.82, 2.24) is 10.2 Å². The van der Waals surface area contributed by atoms with E-state index in [1.807, 2.05) is 13.8 Å². The van der Waals surface area contributed by atoms with E-state index in [0.717, 1.165) is 11.8 Å². The predicted octanol–water partition coefficient (Wildman–Crippen LogP) is 5.46. The number of anilines is 2. The third-order valence-electron chi connectivity index (χ3n) is 6.82. The summed E-state index contributed by atoms with van der Waals surface area (Å²) in [5.41, 5.74) is 7.72. The van der Waals surface area contributed by atoms with Gasteiger partial charge in [-0.1, -0.05) is 48.5 Å². The molecule has 0 radical (unpaired) electrons. The topological polar surface area (TPSA) is 175 Å². The number of aromatic carboxylic acids is 1. The van der Waals surface area contributed by atoms with Gasteiger partial charge in [0.1, 0.15) is 17.3 Å². The number of aryl methyl sites for hydroxylation is 1. The second-order valence-corrected chi connectivity index (χ2v) is 13.2. The quantitative estimate of drug-likeness (QED) is 0.284. The number of furan rings is 1. The molecule has 1 atom stereocenters. The molecule has 14 heteroatoms. The summed E-state index contributed by atoms with van der Waals surface area (Å²) in [6, 6.07) is 9.92. The molecule has 3 aromatic rings. The number of carboxylic acid groups (broad SMARTS) is 1. The largest absolute Gasteiger partial charge is 0.478 e. The van der Waals surface area contributed by atoms with Crippen LogP contribution in [-0.4, -0.2) is 38.7 Å². The maximum Gasteiger partial charge on any atom is 0.337 e. The molecular formula is C28H25ClN6O5S2. The van der Waals surface area contributed by atoms with Gasteiger partial charge in [0.05, 0.1) is 33.9 Å². The number of carboxylic acids is 1. The van der Waals surface area contributed by atoms with Gasteiger partial charge in [-0.2, -0.15) is 5.26 Å². The number of Topliss-reactive ketones (excluding diaryl/α,β-unsaturated/α-hetero) is 1. The molecule has 42 heavy (non-hydrogen) atoms. The molecule has 0 fully saturated rings. The highest BCUT2D eigenvalue weighted by molar-refractivity contribution is 8.01. The molecule has 0 saturated heterocycles. The maximum atomic E-state index is 13.6. The molecule has 216 valence electrons. The highest BCUT2D eigenvalue weighted by Crippen LogP contribution is 2.51. The van der Waals surface area contributed by atoms with E-state index in [0.29, 0.717) is 50.8 Å². The smallest absolute Gasteiger partial charge is 0.337 e. The SMILES string of the molecule is Cc1ccc(C2C(C#N)=C(N)N(c3nnc(SCC(=O)Nc4ccc(Cl)c(C(=O)O)c4)s3)C3=C2C(=O)CC(C)(C)C3)o1. The number of rotatable bonds is 7. The lowest BCUT2D eigenvalue weighted by Crippen LogP contribution is -2.42. The monoisotopic (exact) mass is 624 g/mol. The average Bonchev–Trinajstić information content (AvgIpc) is 3.56. The molecule has 0 bridgehead atoms. The number of allylic oxidation sites excluding steroid dienone is 3. The van der Waals surface area contributed by atoms with Gasteiger partial charge in [-0.15, -0.1) is 10.2 Å². The number of carbonyl (C=O) groups excluding carboxylic acids is 2. The summed E-state index contributed by atoms with van der Waals surface area (Å²) < 4.78 is 6.33. The Balaban J connectivity index is 1.41. The Morgan fingerprint density at radius 1 is 1.31 bits per heavy atom. The Morgan fingerprint density at radius 3 is 2.74 bits per heavy atom. The highest BCUT2D eigenvalue weighted by Gasteiger charge is 2.46. The van der Waals surface area contributed by atoms with Gasteiger partial charge >= 0.3 is 5.97 Å². The first-order valence-electron chi connectivity index (χ1n) is 12.7. The van der Waals surface area contributed by atoms with E-state index in [4.69, 9.17) is 21.8 Å². The fraction of sp³-hybridized carbons (Fsp3) is 0.286. The Labute approximate surface area is 254 Å². The summed E-state index contributed by atoms with van der Waals surface area (Å²) in [5.74, 6) is -1.17. The Bertz CT molecular complexity index is 1730. The molecule has 1 aliphatic carbocycles. The molecule has 1 aromatic carbocycles. The minimum atomic E-state index is -1.20. The van der Waals surface area contributed by atoms with Gasteiger partial charge in [-0.25, -0.2) is 4.79 Å². The third kappa shape index (κ3) is 5.65. The number of carbonyl (C=O) groups is 3. The van der Waals surface area contributed by atoms with E-state index in [2.05, 4.69) is 21.6 Å². The van der Waals surface area contributed by atoms with E-state index in [1.165, 1.54) is 29.5 Å². The van der Waals surface area contributed by atoms with Gasteiger partial charge < -0.3 is 20.6 Å². The van der Waals surface area contributed by atoms with Crippen LogP contribution in [0.4, 0.5) is 10.8 Å². The van der Waals surface area contributed by atoms with E-state index in [-0.39, 0.29) is 44.8 Å². The highest BCUT2D eigenvalue weighted by atomic mass is 35.5. The summed E-state index contributed by atoms with van der Waals surface area (Å²) in [6.45, 7) is 5.79. The zero-order chi connectivity index (χ0) is 30.3. The van der Waals surface area contributed by atoms with Crippen molar-refractivity contribution in [3.05, 3.63) is 75.1 Å². The molecule has 3 heterocycles. The van der Waals surface area contributed by atoms with Crippen LogP contribution >= 0.6 is 34.7 Å². The van der Waals surface area contributed by atoms with Crippen LogP contribution in [0, 0.1) is 23.7 Å². The van der Waals surface area contributed by atoms with Crippen LogP contribution in [0.2, 0.25) is 5.02 Å². The van der Waals surface area contributed by atoms with Crippen molar-refractivity contribution in [3.63, 3.8) is 0 Å². The van der Waals surface area contributed by atoms with Gasteiger partial charge in [0, 0.05) is 23.4 Å². The number of halogens is 1.